The number of aliphatic imine (C=N–C) groups is 1. The summed E-state index contributed by atoms with van der Waals surface area (Å²) in [5.74, 6) is 1.96. The number of unbranched alkanes of at least 4 members (excludes halogenated alkanes) is 1. The number of nitrogens with one attached hydrogen (secondary N) is 2. The van der Waals surface area contributed by atoms with Crippen LogP contribution in [0.2, 0.25) is 0 Å². The van der Waals surface area contributed by atoms with Crippen LogP contribution in [0.15, 0.2) is 9.52 Å². The summed E-state index contributed by atoms with van der Waals surface area (Å²) in [6.45, 7) is 5.35. The van der Waals surface area contributed by atoms with E-state index in [0.717, 1.165) is 25.3 Å². The van der Waals surface area contributed by atoms with E-state index in [1.54, 1.807) is 14.0 Å². The fraction of sp³-hybridized carbons (Fsp3) is 0.700. The molecule has 0 saturated carbocycles. The maximum Gasteiger partial charge on any atom is 0.246 e. The Morgan fingerprint density at radius 3 is 2.71 bits per heavy atom. The lowest BCUT2D eigenvalue weighted by molar-refractivity contribution is 0.371. The lowest BCUT2D eigenvalue weighted by Gasteiger charge is -2.09. The van der Waals surface area contributed by atoms with E-state index in [-0.39, 0.29) is 24.0 Å². The van der Waals surface area contributed by atoms with Gasteiger partial charge in [0.15, 0.2) is 11.8 Å². The molecule has 0 fully saturated rings. The summed E-state index contributed by atoms with van der Waals surface area (Å²) < 4.78 is 4.98. The highest BCUT2D eigenvalue weighted by molar-refractivity contribution is 14.0. The lowest BCUT2D eigenvalue weighted by atomic mass is 10.3. The van der Waals surface area contributed by atoms with E-state index in [1.807, 2.05) is 0 Å². The van der Waals surface area contributed by atoms with Crippen LogP contribution in [-0.4, -0.2) is 29.7 Å². The number of guanidine groups is 1. The molecule has 0 bridgehead atoms. The van der Waals surface area contributed by atoms with E-state index >= 15 is 0 Å². The summed E-state index contributed by atoms with van der Waals surface area (Å²) in [4.78, 5) is 8.18. The summed E-state index contributed by atoms with van der Waals surface area (Å²) in [5, 5.41) is 10.0. The summed E-state index contributed by atoms with van der Waals surface area (Å²) in [6.07, 6.45) is 2.28. The van der Waals surface area contributed by atoms with Crippen molar-refractivity contribution in [3.05, 3.63) is 11.7 Å². The van der Waals surface area contributed by atoms with Crippen molar-refractivity contribution in [2.75, 3.05) is 13.6 Å². The maximum absolute atomic E-state index is 4.98. The Kier molecular flexibility index (Phi) is 8.73. The van der Waals surface area contributed by atoms with E-state index in [9.17, 15) is 0 Å². The zero-order valence-corrected chi connectivity index (χ0v) is 12.8. The monoisotopic (exact) mass is 353 g/mol. The molecule has 17 heavy (non-hydrogen) atoms. The molecular weight excluding hydrogens is 333 g/mol. The third kappa shape index (κ3) is 6.44. The molecule has 0 saturated heterocycles. The van der Waals surface area contributed by atoms with E-state index in [4.69, 9.17) is 4.52 Å². The number of aromatic nitrogens is 2. The molecule has 1 aromatic heterocycles. The Balaban J connectivity index is 0.00000256. The minimum absolute atomic E-state index is 0. The van der Waals surface area contributed by atoms with Crippen LogP contribution in [-0.2, 0) is 6.54 Å². The molecule has 0 aromatic carbocycles. The normalized spacial score (nSPS) is 10.9. The minimum atomic E-state index is 0. The zero-order chi connectivity index (χ0) is 11.8. The quantitative estimate of drug-likeness (QED) is 0.363. The van der Waals surface area contributed by atoms with Crippen molar-refractivity contribution in [3.8, 4) is 0 Å². The molecular formula is C10H20IN5O. The van der Waals surface area contributed by atoms with Gasteiger partial charge >= 0.3 is 0 Å². The van der Waals surface area contributed by atoms with E-state index in [0.29, 0.717) is 18.3 Å². The van der Waals surface area contributed by atoms with Gasteiger partial charge in [0.25, 0.3) is 0 Å². The van der Waals surface area contributed by atoms with Crippen molar-refractivity contribution in [1.82, 2.24) is 20.8 Å². The van der Waals surface area contributed by atoms with Gasteiger partial charge in [0, 0.05) is 13.6 Å². The van der Waals surface area contributed by atoms with Gasteiger partial charge in [-0.15, -0.1) is 24.0 Å². The van der Waals surface area contributed by atoms with Crippen molar-refractivity contribution < 1.29 is 4.52 Å². The first kappa shape index (κ1) is 16.1. The number of rotatable bonds is 5. The molecule has 7 heteroatoms. The standard InChI is InChI=1S/C10H19N5O.HI/c1-4-5-6-12-10(11-3)13-7-9-14-8(2)15-16-9;/h4-7H2,1-3H3,(H2,11,12,13);1H. The first-order valence-electron chi connectivity index (χ1n) is 5.50. The van der Waals surface area contributed by atoms with Crippen molar-refractivity contribution in [2.24, 2.45) is 4.99 Å². The molecule has 0 aliphatic carbocycles. The number of aryl methyl sites for hydroxylation is 1. The summed E-state index contributed by atoms with van der Waals surface area (Å²) in [6, 6.07) is 0. The average Bonchev–Trinajstić information content (AvgIpc) is 2.69. The third-order valence-corrected chi connectivity index (χ3v) is 2.02. The van der Waals surface area contributed by atoms with Crippen molar-refractivity contribution in [2.45, 2.75) is 33.2 Å². The van der Waals surface area contributed by atoms with Gasteiger partial charge in [-0.3, -0.25) is 4.99 Å². The Morgan fingerprint density at radius 1 is 1.41 bits per heavy atom. The van der Waals surface area contributed by atoms with Crippen LogP contribution in [0.1, 0.15) is 31.5 Å². The van der Waals surface area contributed by atoms with Crippen molar-refractivity contribution in [3.63, 3.8) is 0 Å². The molecule has 0 aliphatic rings. The Morgan fingerprint density at radius 2 is 2.18 bits per heavy atom. The molecule has 0 spiro atoms. The van der Waals surface area contributed by atoms with Crippen molar-refractivity contribution in [1.29, 1.82) is 0 Å². The second-order valence-electron chi connectivity index (χ2n) is 3.44. The molecule has 2 N–H and O–H groups in total. The molecule has 0 amide bonds. The highest BCUT2D eigenvalue weighted by Gasteiger charge is 2.03. The first-order valence-corrected chi connectivity index (χ1v) is 5.50. The number of hydrogen-bond donors (Lipinski definition) is 2. The average molecular weight is 353 g/mol. The van der Waals surface area contributed by atoms with Gasteiger partial charge in [0.2, 0.25) is 5.89 Å². The van der Waals surface area contributed by atoms with Crippen LogP contribution in [0, 0.1) is 6.92 Å². The van der Waals surface area contributed by atoms with Crippen LogP contribution in [0.4, 0.5) is 0 Å². The largest absolute Gasteiger partial charge is 0.356 e. The van der Waals surface area contributed by atoms with E-state index < -0.39 is 0 Å². The number of halogens is 1. The molecule has 6 nitrogen and oxygen atoms in total. The Labute approximate surface area is 119 Å². The van der Waals surface area contributed by atoms with Gasteiger partial charge in [0.05, 0.1) is 6.54 Å². The van der Waals surface area contributed by atoms with Gasteiger partial charge in [-0.1, -0.05) is 18.5 Å². The number of nitrogens with zero attached hydrogens (tertiary/aromatic N) is 3. The van der Waals surface area contributed by atoms with Crippen LogP contribution >= 0.6 is 24.0 Å². The fourth-order valence-corrected chi connectivity index (χ4v) is 1.18. The second kappa shape index (κ2) is 9.20. The van der Waals surface area contributed by atoms with Gasteiger partial charge in [-0.05, 0) is 13.3 Å². The predicted octanol–water partition coefficient (Wildman–Crippen LogP) is 1.46. The maximum atomic E-state index is 4.98. The highest BCUT2D eigenvalue weighted by Crippen LogP contribution is 1.94. The molecule has 0 aliphatic heterocycles. The topological polar surface area (TPSA) is 75.3 Å². The molecule has 0 atom stereocenters. The molecule has 0 unspecified atom stereocenters. The van der Waals surface area contributed by atoms with E-state index in [1.165, 1.54) is 0 Å². The van der Waals surface area contributed by atoms with Crippen molar-refractivity contribution >= 4 is 29.9 Å². The van der Waals surface area contributed by atoms with Gasteiger partial charge < -0.3 is 15.2 Å². The lowest BCUT2D eigenvalue weighted by Crippen LogP contribution is -2.37. The highest BCUT2D eigenvalue weighted by atomic mass is 127. The predicted molar refractivity (Wildman–Crippen MR) is 77.6 cm³/mol. The van der Waals surface area contributed by atoms with Gasteiger partial charge in [-0.2, -0.15) is 4.98 Å². The third-order valence-electron chi connectivity index (χ3n) is 2.02. The molecule has 1 aromatic rings. The minimum Gasteiger partial charge on any atom is -0.356 e. The molecule has 1 rings (SSSR count). The molecule has 1 heterocycles. The zero-order valence-electron chi connectivity index (χ0n) is 10.5. The second-order valence-corrected chi connectivity index (χ2v) is 3.44. The van der Waals surface area contributed by atoms with E-state index in [2.05, 4.69) is 32.7 Å². The fourth-order valence-electron chi connectivity index (χ4n) is 1.18. The number of hydrogen-bond acceptors (Lipinski definition) is 4. The summed E-state index contributed by atoms with van der Waals surface area (Å²) in [5.41, 5.74) is 0. The Hall–Kier alpha value is -0.860. The van der Waals surface area contributed by atoms with Crippen LogP contribution in [0.3, 0.4) is 0 Å². The molecule has 0 radical (unpaired) electrons. The van der Waals surface area contributed by atoms with Crippen LogP contribution in [0.25, 0.3) is 0 Å². The molecule has 98 valence electrons. The first-order chi connectivity index (χ1) is 7.76. The van der Waals surface area contributed by atoms with Gasteiger partial charge in [0.1, 0.15) is 0 Å². The summed E-state index contributed by atoms with van der Waals surface area (Å²) in [7, 11) is 1.74. The smallest absolute Gasteiger partial charge is 0.246 e. The SMILES string of the molecule is CCCCNC(=NC)NCc1nc(C)no1.I. The Bertz CT molecular complexity index is 339. The summed E-state index contributed by atoms with van der Waals surface area (Å²) >= 11 is 0. The van der Waals surface area contributed by atoms with Crippen LogP contribution < -0.4 is 10.6 Å². The van der Waals surface area contributed by atoms with Gasteiger partial charge in [-0.25, -0.2) is 0 Å². The van der Waals surface area contributed by atoms with Crippen LogP contribution in [0.5, 0.6) is 0 Å².